The minimum absolute atomic E-state index is 0.00229. The zero-order valence-electron chi connectivity index (χ0n) is 15.4. The number of nitriles is 1. The number of hydrogen-bond donors (Lipinski definition) is 1. The molecule has 7 nitrogen and oxygen atoms in total. The summed E-state index contributed by atoms with van der Waals surface area (Å²) < 4.78 is 0. The smallest absolute Gasteiger partial charge is 0.270 e. The van der Waals surface area contributed by atoms with Crippen molar-refractivity contribution >= 4 is 22.6 Å². The maximum absolute atomic E-state index is 12.8. The van der Waals surface area contributed by atoms with Crippen LogP contribution >= 0.6 is 0 Å². The summed E-state index contributed by atoms with van der Waals surface area (Å²) in [6, 6.07) is 12.0. The second kappa shape index (κ2) is 6.72. The highest BCUT2D eigenvalue weighted by atomic mass is 16.2. The van der Waals surface area contributed by atoms with E-state index in [-0.39, 0.29) is 5.91 Å². The highest BCUT2D eigenvalue weighted by Gasteiger charge is 2.26. The molecule has 0 unspecified atom stereocenters. The fraction of sp³-hybridized carbons (Fsp3) is 0.300. The number of nitrogens with one attached hydrogen (secondary N) is 1. The number of anilines is 1. The van der Waals surface area contributed by atoms with Crippen LogP contribution in [0.5, 0.6) is 0 Å². The first-order valence-electron chi connectivity index (χ1n) is 8.94. The normalized spacial score (nSPS) is 14.4. The van der Waals surface area contributed by atoms with Gasteiger partial charge in [-0.1, -0.05) is 18.2 Å². The fourth-order valence-electron chi connectivity index (χ4n) is 3.43. The summed E-state index contributed by atoms with van der Waals surface area (Å²) in [5.74, 6) is 0.607. The number of carbonyl (C=O) groups excluding carboxylic acids is 1. The first kappa shape index (κ1) is 17.0. The number of fused-ring (bicyclic) bond motifs is 1. The highest BCUT2D eigenvalue weighted by Crippen LogP contribution is 2.23. The molecule has 1 aliphatic rings. The quantitative estimate of drug-likeness (QED) is 0.758. The van der Waals surface area contributed by atoms with Crippen LogP contribution in [0.1, 0.15) is 27.3 Å². The maximum atomic E-state index is 12.8. The molecule has 1 N–H and O–H groups in total. The molecule has 1 aromatic carbocycles. The number of rotatable bonds is 2. The van der Waals surface area contributed by atoms with Gasteiger partial charge in [-0.05, 0) is 31.5 Å². The average molecular weight is 360 g/mol. The van der Waals surface area contributed by atoms with Gasteiger partial charge in [-0.15, -0.1) is 5.10 Å². The zero-order chi connectivity index (χ0) is 19.0. The van der Waals surface area contributed by atoms with Crippen molar-refractivity contribution in [2.75, 3.05) is 31.1 Å². The van der Waals surface area contributed by atoms with Crippen LogP contribution in [0.25, 0.3) is 10.9 Å². The summed E-state index contributed by atoms with van der Waals surface area (Å²) >= 11 is 0. The molecular weight excluding hydrogens is 340 g/mol. The van der Waals surface area contributed by atoms with Gasteiger partial charge in [-0.3, -0.25) is 4.79 Å². The zero-order valence-corrected chi connectivity index (χ0v) is 15.4. The van der Waals surface area contributed by atoms with E-state index in [2.05, 4.69) is 21.3 Å². The molecule has 27 heavy (non-hydrogen) atoms. The average Bonchev–Trinajstić information content (AvgIpc) is 3.14. The van der Waals surface area contributed by atoms with Gasteiger partial charge < -0.3 is 14.8 Å². The molecular formula is C20H20N6O. The first-order chi connectivity index (χ1) is 13.1. The van der Waals surface area contributed by atoms with Crippen LogP contribution in [-0.2, 0) is 0 Å². The van der Waals surface area contributed by atoms with Gasteiger partial charge in [-0.25, -0.2) is 0 Å². The minimum Gasteiger partial charge on any atom is -0.351 e. The van der Waals surface area contributed by atoms with E-state index < -0.39 is 0 Å². The summed E-state index contributed by atoms with van der Waals surface area (Å²) in [5.41, 5.74) is 3.76. The lowest BCUT2D eigenvalue weighted by molar-refractivity contribution is 0.0741. The van der Waals surface area contributed by atoms with Crippen LogP contribution in [0.3, 0.4) is 0 Å². The molecule has 1 fully saturated rings. The Labute approximate surface area is 157 Å². The number of benzene rings is 1. The third-order valence-corrected chi connectivity index (χ3v) is 5.17. The Morgan fingerprint density at radius 1 is 1.15 bits per heavy atom. The largest absolute Gasteiger partial charge is 0.351 e. The van der Waals surface area contributed by atoms with Gasteiger partial charge in [0.25, 0.3) is 5.91 Å². The Hall–Kier alpha value is -3.40. The summed E-state index contributed by atoms with van der Waals surface area (Å²) in [5, 5.41) is 18.9. The maximum Gasteiger partial charge on any atom is 0.270 e. The SMILES string of the molecule is Cc1nnc(N2CCN(C(=O)c3cc4ccccc4[nH]3)CC2)c(C#N)c1C. The van der Waals surface area contributed by atoms with Crippen LogP contribution in [-0.4, -0.2) is 52.2 Å². The topological polar surface area (TPSA) is 88.9 Å². The molecule has 1 aliphatic heterocycles. The van der Waals surface area contributed by atoms with E-state index >= 15 is 0 Å². The number of carbonyl (C=O) groups is 1. The number of aryl methyl sites for hydroxylation is 1. The Morgan fingerprint density at radius 2 is 1.89 bits per heavy atom. The van der Waals surface area contributed by atoms with Gasteiger partial charge in [-0.2, -0.15) is 10.4 Å². The number of H-pyrrole nitrogens is 1. The molecule has 7 heteroatoms. The van der Waals surface area contributed by atoms with Gasteiger partial charge in [0.15, 0.2) is 5.82 Å². The van der Waals surface area contributed by atoms with Gasteiger partial charge in [0.2, 0.25) is 0 Å². The Bertz CT molecular complexity index is 1020. The summed E-state index contributed by atoms with van der Waals surface area (Å²) in [6.45, 7) is 6.14. The predicted octanol–water partition coefficient (Wildman–Crippen LogP) is 2.41. The van der Waals surface area contributed by atoms with Crippen LogP contribution in [0.15, 0.2) is 30.3 Å². The molecule has 0 radical (unpaired) electrons. The molecule has 0 spiro atoms. The highest BCUT2D eigenvalue weighted by molar-refractivity contribution is 5.98. The lowest BCUT2D eigenvalue weighted by atomic mass is 10.1. The number of piperazine rings is 1. The molecule has 0 saturated carbocycles. The summed E-state index contributed by atoms with van der Waals surface area (Å²) in [4.78, 5) is 19.9. The van der Waals surface area contributed by atoms with E-state index in [4.69, 9.17) is 0 Å². The molecule has 136 valence electrons. The molecule has 3 heterocycles. The fourth-order valence-corrected chi connectivity index (χ4v) is 3.43. The van der Waals surface area contributed by atoms with Crippen molar-refractivity contribution in [2.45, 2.75) is 13.8 Å². The van der Waals surface area contributed by atoms with Gasteiger partial charge in [0.1, 0.15) is 17.3 Å². The Kier molecular flexibility index (Phi) is 4.24. The molecule has 2 aromatic heterocycles. The monoisotopic (exact) mass is 360 g/mol. The molecule has 3 aromatic rings. The first-order valence-corrected chi connectivity index (χ1v) is 8.94. The third kappa shape index (κ3) is 2.99. The lowest BCUT2D eigenvalue weighted by Gasteiger charge is -2.35. The predicted molar refractivity (Wildman–Crippen MR) is 103 cm³/mol. The van der Waals surface area contributed by atoms with Gasteiger partial charge in [0, 0.05) is 37.1 Å². The molecule has 1 amide bonds. The summed E-state index contributed by atoms with van der Waals surface area (Å²) in [6.07, 6.45) is 0. The second-order valence-electron chi connectivity index (χ2n) is 6.77. The number of aromatic nitrogens is 3. The van der Waals surface area contributed by atoms with E-state index in [1.807, 2.05) is 54.0 Å². The van der Waals surface area contributed by atoms with E-state index in [0.29, 0.717) is 43.3 Å². The van der Waals surface area contributed by atoms with Crippen molar-refractivity contribution < 1.29 is 4.79 Å². The summed E-state index contributed by atoms with van der Waals surface area (Å²) in [7, 11) is 0. The molecule has 0 bridgehead atoms. The van der Waals surface area contributed by atoms with Crippen LogP contribution < -0.4 is 4.90 Å². The van der Waals surface area contributed by atoms with E-state index in [0.717, 1.165) is 22.2 Å². The van der Waals surface area contributed by atoms with Crippen molar-refractivity contribution in [1.29, 1.82) is 5.26 Å². The van der Waals surface area contributed by atoms with Crippen molar-refractivity contribution in [2.24, 2.45) is 0 Å². The standard InChI is InChI=1S/C20H20N6O/c1-13-14(2)23-24-19(16(13)12-21)25-7-9-26(10-8-25)20(27)18-11-15-5-3-4-6-17(15)22-18/h3-6,11,22H,7-10H2,1-2H3. The van der Waals surface area contributed by atoms with Crippen molar-refractivity contribution in [3.05, 3.63) is 52.8 Å². The third-order valence-electron chi connectivity index (χ3n) is 5.17. The van der Waals surface area contributed by atoms with Crippen LogP contribution in [0, 0.1) is 25.2 Å². The molecule has 4 rings (SSSR count). The van der Waals surface area contributed by atoms with Crippen molar-refractivity contribution in [3.8, 4) is 6.07 Å². The lowest BCUT2D eigenvalue weighted by Crippen LogP contribution is -2.49. The number of amides is 1. The molecule has 0 aliphatic carbocycles. The van der Waals surface area contributed by atoms with Crippen LogP contribution in [0.4, 0.5) is 5.82 Å². The number of hydrogen-bond acceptors (Lipinski definition) is 5. The minimum atomic E-state index is -0.00229. The van der Waals surface area contributed by atoms with Gasteiger partial charge >= 0.3 is 0 Å². The van der Waals surface area contributed by atoms with Crippen molar-refractivity contribution in [1.82, 2.24) is 20.1 Å². The van der Waals surface area contributed by atoms with E-state index in [1.165, 1.54) is 0 Å². The van der Waals surface area contributed by atoms with E-state index in [9.17, 15) is 10.1 Å². The van der Waals surface area contributed by atoms with E-state index in [1.54, 1.807) is 0 Å². The molecule has 1 saturated heterocycles. The van der Waals surface area contributed by atoms with Gasteiger partial charge in [0.05, 0.1) is 5.69 Å². The Balaban J connectivity index is 1.50. The number of nitrogens with zero attached hydrogens (tertiary/aromatic N) is 5. The Morgan fingerprint density at radius 3 is 2.59 bits per heavy atom. The number of aromatic amines is 1. The van der Waals surface area contributed by atoms with Crippen LogP contribution in [0.2, 0.25) is 0 Å². The van der Waals surface area contributed by atoms with Crippen molar-refractivity contribution in [3.63, 3.8) is 0 Å². The molecule has 0 atom stereocenters. The second-order valence-corrected chi connectivity index (χ2v) is 6.77. The number of para-hydroxylation sites is 1.